The van der Waals surface area contributed by atoms with Gasteiger partial charge in [-0.15, -0.1) is 10.2 Å². The van der Waals surface area contributed by atoms with Gasteiger partial charge in [0.2, 0.25) is 5.95 Å². The Morgan fingerprint density at radius 2 is 1.88 bits per heavy atom. The van der Waals surface area contributed by atoms with Crippen LogP contribution in [0.5, 0.6) is 0 Å². The number of aromatic nitrogens is 5. The standard InChI is InChI=1S/C15H17F3N6/c16-15(17,18)11-3-6-19-14(20-11)23-8-4-10(5-9-23)13-22-21-12-2-1-7-24(12)13/h3,6,10H,1-2,4-5,7-9H2. The van der Waals surface area contributed by atoms with Crippen molar-refractivity contribution >= 4 is 5.95 Å². The van der Waals surface area contributed by atoms with Gasteiger partial charge < -0.3 is 9.47 Å². The van der Waals surface area contributed by atoms with E-state index in [-0.39, 0.29) is 5.95 Å². The summed E-state index contributed by atoms with van der Waals surface area (Å²) in [4.78, 5) is 9.49. The van der Waals surface area contributed by atoms with Crippen LogP contribution in [0.3, 0.4) is 0 Å². The first-order valence-corrected chi connectivity index (χ1v) is 8.09. The zero-order valence-electron chi connectivity index (χ0n) is 13.0. The molecule has 2 aromatic heterocycles. The average Bonchev–Trinajstić information content (AvgIpc) is 3.18. The lowest BCUT2D eigenvalue weighted by Gasteiger charge is -2.31. The van der Waals surface area contributed by atoms with Crippen LogP contribution in [0.25, 0.3) is 0 Å². The molecule has 4 rings (SSSR count). The van der Waals surface area contributed by atoms with Crippen molar-refractivity contribution < 1.29 is 13.2 Å². The molecule has 0 N–H and O–H groups in total. The lowest BCUT2D eigenvalue weighted by atomic mass is 9.96. The summed E-state index contributed by atoms with van der Waals surface area (Å²) >= 11 is 0. The monoisotopic (exact) mass is 338 g/mol. The van der Waals surface area contributed by atoms with Crippen LogP contribution in [-0.4, -0.2) is 37.8 Å². The zero-order valence-corrected chi connectivity index (χ0v) is 13.0. The SMILES string of the molecule is FC(F)(F)c1ccnc(N2CCC(c3nnc4n3CCC4)CC2)n1. The molecule has 1 fully saturated rings. The maximum atomic E-state index is 12.8. The van der Waals surface area contributed by atoms with Gasteiger partial charge >= 0.3 is 6.18 Å². The highest BCUT2D eigenvalue weighted by molar-refractivity contribution is 5.32. The molecule has 9 heteroatoms. The molecule has 24 heavy (non-hydrogen) atoms. The largest absolute Gasteiger partial charge is 0.433 e. The Hall–Kier alpha value is -2.19. The second kappa shape index (κ2) is 5.71. The fourth-order valence-corrected chi connectivity index (χ4v) is 3.47. The van der Waals surface area contributed by atoms with Gasteiger partial charge in [-0.25, -0.2) is 9.97 Å². The van der Waals surface area contributed by atoms with Gasteiger partial charge in [-0.05, 0) is 25.3 Å². The maximum Gasteiger partial charge on any atom is 0.433 e. The Balaban J connectivity index is 1.46. The van der Waals surface area contributed by atoms with E-state index >= 15 is 0 Å². The van der Waals surface area contributed by atoms with E-state index in [9.17, 15) is 13.2 Å². The fraction of sp³-hybridized carbons (Fsp3) is 0.600. The molecule has 0 unspecified atom stereocenters. The number of aryl methyl sites for hydroxylation is 1. The molecule has 4 heterocycles. The predicted molar refractivity (Wildman–Crippen MR) is 79.6 cm³/mol. The second-order valence-corrected chi connectivity index (χ2v) is 6.23. The lowest BCUT2D eigenvalue weighted by molar-refractivity contribution is -0.141. The van der Waals surface area contributed by atoms with Gasteiger partial charge in [-0.1, -0.05) is 0 Å². The van der Waals surface area contributed by atoms with Crippen molar-refractivity contribution in [3.63, 3.8) is 0 Å². The molecule has 128 valence electrons. The molecule has 2 aliphatic rings. The number of piperidine rings is 1. The Morgan fingerprint density at radius 1 is 1.08 bits per heavy atom. The molecule has 6 nitrogen and oxygen atoms in total. The molecule has 0 bridgehead atoms. The zero-order chi connectivity index (χ0) is 16.7. The van der Waals surface area contributed by atoms with Gasteiger partial charge in [0, 0.05) is 38.2 Å². The molecule has 0 aliphatic carbocycles. The number of hydrogen-bond donors (Lipinski definition) is 0. The summed E-state index contributed by atoms with van der Waals surface area (Å²) in [6, 6.07) is 0.899. The van der Waals surface area contributed by atoms with Crippen LogP contribution in [0.15, 0.2) is 12.3 Å². The van der Waals surface area contributed by atoms with Gasteiger partial charge in [0.15, 0.2) is 0 Å². The molecule has 0 spiro atoms. The van der Waals surface area contributed by atoms with Crippen molar-refractivity contribution in [2.75, 3.05) is 18.0 Å². The van der Waals surface area contributed by atoms with Gasteiger partial charge in [-0.3, -0.25) is 0 Å². The minimum absolute atomic E-state index is 0.148. The predicted octanol–water partition coefficient (Wildman–Crippen LogP) is 2.42. The van der Waals surface area contributed by atoms with Crippen molar-refractivity contribution in [1.82, 2.24) is 24.7 Å². The first kappa shape index (κ1) is 15.3. The van der Waals surface area contributed by atoms with E-state index in [1.54, 1.807) is 0 Å². The summed E-state index contributed by atoms with van der Waals surface area (Å²) in [6.07, 6.45) is 0.439. The summed E-state index contributed by atoms with van der Waals surface area (Å²) in [5, 5.41) is 8.56. The van der Waals surface area contributed by atoms with E-state index in [0.29, 0.717) is 19.0 Å². The fourth-order valence-electron chi connectivity index (χ4n) is 3.47. The quantitative estimate of drug-likeness (QED) is 0.842. The van der Waals surface area contributed by atoms with E-state index in [0.717, 1.165) is 49.9 Å². The molecule has 0 saturated carbocycles. The van der Waals surface area contributed by atoms with E-state index in [4.69, 9.17) is 0 Å². The van der Waals surface area contributed by atoms with E-state index in [1.807, 2.05) is 4.90 Å². The van der Waals surface area contributed by atoms with Crippen molar-refractivity contribution in [2.24, 2.45) is 0 Å². The van der Waals surface area contributed by atoms with Crippen molar-refractivity contribution in [2.45, 2.75) is 44.3 Å². The number of fused-ring (bicyclic) bond motifs is 1. The summed E-state index contributed by atoms with van der Waals surface area (Å²) < 4.78 is 40.5. The third-order valence-corrected chi connectivity index (χ3v) is 4.71. The second-order valence-electron chi connectivity index (χ2n) is 6.23. The van der Waals surface area contributed by atoms with Crippen LogP contribution in [0.4, 0.5) is 19.1 Å². The van der Waals surface area contributed by atoms with E-state index < -0.39 is 11.9 Å². The number of nitrogens with zero attached hydrogens (tertiary/aromatic N) is 6. The Kier molecular flexibility index (Phi) is 3.65. The van der Waals surface area contributed by atoms with Gasteiger partial charge in [0.1, 0.15) is 17.3 Å². The lowest BCUT2D eigenvalue weighted by Crippen LogP contribution is -2.35. The van der Waals surface area contributed by atoms with Crippen molar-refractivity contribution in [3.8, 4) is 0 Å². The van der Waals surface area contributed by atoms with Gasteiger partial charge in [0.05, 0.1) is 0 Å². The number of anilines is 1. The molecule has 0 radical (unpaired) electrons. The topological polar surface area (TPSA) is 59.7 Å². The van der Waals surface area contributed by atoms with E-state index in [2.05, 4.69) is 24.7 Å². The molecule has 0 aromatic carbocycles. The number of hydrogen-bond acceptors (Lipinski definition) is 5. The minimum Gasteiger partial charge on any atom is -0.341 e. The average molecular weight is 338 g/mol. The summed E-state index contributed by atoms with van der Waals surface area (Å²) in [5.41, 5.74) is -0.898. The smallest absolute Gasteiger partial charge is 0.341 e. The molecule has 2 aromatic rings. The minimum atomic E-state index is -4.45. The van der Waals surface area contributed by atoms with Gasteiger partial charge in [0.25, 0.3) is 0 Å². The van der Waals surface area contributed by atoms with Crippen LogP contribution in [0, 0.1) is 0 Å². The van der Waals surface area contributed by atoms with E-state index in [1.165, 1.54) is 6.20 Å². The molecule has 0 amide bonds. The Bertz CT molecular complexity index is 733. The highest BCUT2D eigenvalue weighted by Crippen LogP contribution is 2.32. The summed E-state index contributed by atoms with van der Waals surface area (Å²) in [7, 11) is 0. The molecular formula is C15H17F3N6. The van der Waals surface area contributed by atoms with Crippen molar-refractivity contribution in [1.29, 1.82) is 0 Å². The molecule has 1 saturated heterocycles. The number of halogens is 3. The van der Waals surface area contributed by atoms with Crippen LogP contribution >= 0.6 is 0 Å². The van der Waals surface area contributed by atoms with Crippen LogP contribution in [-0.2, 0) is 19.1 Å². The van der Waals surface area contributed by atoms with Crippen LogP contribution < -0.4 is 4.90 Å². The number of rotatable bonds is 2. The van der Waals surface area contributed by atoms with Gasteiger partial charge in [-0.2, -0.15) is 13.2 Å². The third-order valence-electron chi connectivity index (χ3n) is 4.71. The Morgan fingerprint density at radius 3 is 2.62 bits per heavy atom. The third kappa shape index (κ3) is 2.71. The van der Waals surface area contributed by atoms with Crippen molar-refractivity contribution in [3.05, 3.63) is 29.6 Å². The normalized spacial score (nSPS) is 18.9. The first-order chi connectivity index (χ1) is 11.5. The number of alkyl halides is 3. The Labute approximate surface area is 136 Å². The first-order valence-electron chi connectivity index (χ1n) is 8.09. The molecule has 0 atom stereocenters. The van der Waals surface area contributed by atoms with Crippen LogP contribution in [0.2, 0.25) is 0 Å². The van der Waals surface area contributed by atoms with Crippen LogP contribution in [0.1, 0.15) is 42.5 Å². The highest BCUT2D eigenvalue weighted by Gasteiger charge is 2.34. The molecular weight excluding hydrogens is 321 g/mol. The molecule has 2 aliphatic heterocycles. The highest BCUT2D eigenvalue weighted by atomic mass is 19.4. The summed E-state index contributed by atoms with van der Waals surface area (Å²) in [6.45, 7) is 2.21. The maximum absolute atomic E-state index is 12.8. The summed E-state index contributed by atoms with van der Waals surface area (Å²) in [5.74, 6) is 2.52.